The standard InChI is InChI=1S/C14H14N2O6/c1-22-13(18)6-12(17)14(19)9-2-3-11(16(20)21)10-7-15-5-4-8(9)10/h2-5,7,12,14,17,19H,6H2,1H3. The highest BCUT2D eigenvalue weighted by atomic mass is 16.6. The molecular weight excluding hydrogens is 292 g/mol. The van der Waals surface area contributed by atoms with Gasteiger partial charge in [-0.1, -0.05) is 0 Å². The summed E-state index contributed by atoms with van der Waals surface area (Å²) in [6.07, 6.45) is -0.415. The van der Waals surface area contributed by atoms with E-state index in [0.29, 0.717) is 5.39 Å². The number of fused-ring (bicyclic) bond motifs is 1. The zero-order valence-electron chi connectivity index (χ0n) is 11.7. The molecule has 2 rings (SSSR count). The largest absolute Gasteiger partial charge is 0.469 e. The molecule has 0 saturated carbocycles. The van der Waals surface area contributed by atoms with Crippen molar-refractivity contribution in [2.45, 2.75) is 18.6 Å². The van der Waals surface area contributed by atoms with Crippen molar-refractivity contribution < 1.29 is 24.7 Å². The predicted molar refractivity (Wildman–Crippen MR) is 76.0 cm³/mol. The van der Waals surface area contributed by atoms with Crippen LogP contribution in [0, 0.1) is 10.1 Å². The molecule has 2 aromatic rings. The summed E-state index contributed by atoms with van der Waals surface area (Å²) >= 11 is 0. The van der Waals surface area contributed by atoms with Gasteiger partial charge in [-0.05, 0) is 23.1 Å². The van der Waals surface area contributed by atoms with Crippen LogP contribution in [0.4, 0.5) is 5.69 Å². The number of esters is 1. The lowest BCUT2D eigenvalue weighted by Gasteiger charge is -2.18. The Morgan fingerprint density at radius 2 is 2.09 bits per heavy atom. The molecule has 0 aliphatic rings. The van der Waals surface area contributed by atoms with Crippen molar-refractivity contribution >= 4 is 22.4 Å². The van der Waals surface area contributed by atoms with Gasteiger partial charge in [0.15, 0.2) is 0 Å². The van der Waals surface area contributed by atoms with Crippen LogP contribution in [-0.2, 0) is 9.53 Å². The van der Waals surface area contributed by atoms with E-state index in [4.69, 9.17) is 0 Å². The lowest BCUT2D eigenvalue weighted by atomic mass is 9.96. The molecule has 8 heteroatoms. The van der Waals surface area contributed by atoms with Gasteiger partial charge in [-0.25, -0.2) is 0 Å². The summed E-state index contributed by atoms with van der Waals surface area (Å²) in [6.45, 7) is 0. The summed E-state index contributed by atoms with van der Waals surface area (Å²) in [5.74, 6) is -0.667. The summed E-state index contributed by atoms with van der Waals surface area (Å²) in [5, 5.41) is 31.8. The Labute approximate surface area is 125 Å². The minimum absolute atomic E-state index is 0.151. The molecule has 2 atom stereocenters. The summed E-state index contributed by atoms with van der Waals surface area (Å²) in [7, 11) is 1.17. The van der Waals surface area contributed by atoms with Gasteiger partial charge in [-0.2, -0.15) is 0 Å². The number of carbonyl (C=O) groups is 1. The number of nitrogens with zero attached hydrogens (tertiary/aromatic N) is 2. The van der Waals surface area contributed by atoms with E-state index in [1.54, 1.807) is 0 Å². The van der Waals surface area contributed by atoms with Crippen LogP contribution in [0.1, 0.15) is 18.1 Å². The second kappa shape index (κ2) is 6.46. The second-order valence-electron chi connectivity index (χ2n) is 4.64. The minimum atomic E-state index is -1.38. The SMILES string of the molecule is COC(=O)CC(O)C(O)c1ccc([N+](=O)[O-])c2cnccc12. The van der Waals surface area contributed by atoms with E-state index in [1.807, 2.05) is 0 Å². The summed E-state index contributed by atoms with van der Waals surface area (Å²) in [6, 6.07) is 4.09. The first kappa shape index (κ1) is 15.8. The fourth-order valence-electron chi connectivity index (χ4n) is 2.19. The molecule has 1 aromatic carbocycles. The molecule has 0 bridgehead atoms. The van der Waals surface area contributed by atoms with E-state index in [2.05, 4.69) is 9.72 Å². The fourth-order valence-corrected chi connectivity index (χ4v) is 2.19. The van der Waals surface area contributed by atoms with Crippen molar-refractivity contribution in [1.29, 1.82) is 0 Å². The van der Waals surface area contributed by atoms with Gasteiger partial charge >= 0.3 is 5.97 Å². The Hall–Kier alpha value is -2.58. The van der Waals surface area contributed by atoms with Crippen molar-refractivity contribution in [1.82, 2.24) is 4.98 Å². The number of methoxy groups -OCH3 is 1. The molecule has 0 spiro atoms. The molecule has 8 nitrogen and oxygen atoms in total. The quantitative estimate of drug-likeness (QED) is 0.481. The van der Waals surface area contributed by atoms with Crippen LogP contribution < -0.4 is 0 Å². The lowest BCUT2D eigenvalue weighted by molar-refractivity contribution is -0.383. The molecule has 2 unspecified atom stereocenters. The number of carbonyl (C=O) groups excluding carboxylic acids is 1. The number of non-ortho nitro benzene ring substituents is 1. The van der Waals surface area contributed by atoms with Gasteiger partial charge in [0.05, 0.1) is 29.9 Å². The Balaban J connectivity index is 2.46. The van der Waals surface area contributed by atoms with Crippen molar-refractivity contribution in [2.75, 3.05) is 7.11 Å². The number of aromatic nitrogens is 1. The number of ether oxygens (including phenoxy) is 1. The van der Waals surface area contributed by atoms with Gasteiger partial charge in [-0.3, -0.25) is 19.9 Å². The van der Waals surface area contributed by atoms with Crippen molar-refractivity contribution in [3.8, 4) is 0 Å². The van der Waals surface area contributed by atoms with Gasteiger partial charge in [-0.15, -0.1) is 0 Å². The smallest absolute Gasteiger partial charge is 0.308 e. The molecule has 0 aliphatic carbocycles. The molecule has 0 aliphatic heterocycles. The molecular formula is C14H14N2O6. The van der Waals surface area contributed by atoms with Crippen molar-refractivity contribution in [3.63, 3.8) is 0 Å². The monoisotopic (exact) mass is 306 g/mol. The maximum Gasteiger partial charge on any atom is 0.308 e. The van der Waals surface area contributed by atoms with Gasteiger partial charge < -0.3 is 14.9 Å². The third kappa shape index (κ3) is 3.02. The van der Waals surface area contributed by atoms with Crippen LogP contribution in [0.5, 0.6) is 0 Å². The molecule has 0 fully saturated rings. The maximum absolute atomic E-state index is 11.2. The third-order valence-electron chi connectivity index (χ3n) is 3.31. The number of rotatable bonds is 5. The molecule has 116 valence electrons. The number of aliphatic hydroxyl groups is 2. The van der Waals surface area contributed by atoms with Crippen LogP contribution in [0.25, 0.3) is 10.8 Å². The van der Waals surface area contributed by atoms with Gasteiger partial charge in [0.1, 0.15) is 6.10 Å². The lowest BCUT2D eigenvalue weighted by Crippen LogP contribution is -2.22. The number of hydrogen-bond donors (Lipinski definition) is 2. The Kier molecular flexibility index (Phi) is 4.64. The number of benzene rings is 1. The number of nitro groups is 1. The average Bonchev–Trinajstić information content (AvgIpc) is 2.52. The summed E-state index contributed by atoms with van der Waals surface area (Å²) in [4.78, 5) is 25.5. The van der Waals surface area contributed by atoms with Gasteiger partial charge in [0.2, 0.25) is 0 Å². The molecule has 0 amide bonds. The number of hydrogen-bond acceptors (Lipinski definition) is 7. The van der Waals surface area contributed by atoms with Gasteiger partial charge in [0.25, 0.3) is 5.69 Å². The van der Waals surface area contributed by atoms with Crippen molar-refractivity contribution in [3.05, 3.63) is 46.3 Å². The van der Waals surface area contributed by atoms with E-state index in [0.717, 1.165) is 0 Å². The second-order valence-corrected chi connectivity index (χ2v) is 4.64. The zero-order chi connectivity index (χ0) is 16.3. The van der Waals surface area contributed by atoms with Gasteiger partial charge in [0, 0.05) is 18.5 Å². The molecule has 1 aromatic heterocycles. The van der Waals surface area contributed by atoms with Crippen LogP contribution in [0.2, 0.25) is 0 Å². The molecule has 22 heavy (non-hydrogen) atoms. The molecule has 0 radical (unpaired) electrons. The highest BCUT2D eigenvalue weighted by Gasteiger charge is 2.25. The topological polar surface area (TPSA) is 123 Å². The fraction of sp³-hybridized carbons (Fsp3) is 0.286. The average molecular weight is 306 g/mol. The third-order valence-corrected chi connectivity index (χ3v) is 3.31. The van der Waals surface area contributed by atoms with Crippen LogP contribution in [0.3, 0.4) is 0 Å². The molecule has 1 heterocycles. The first-order chi connectivity index (χ1) is 10.5. The molecule has 0 saturated heterocycles. The predicted octanol–water partition coefficient (Wildman–Crippen LogP) is 1.10. The highest BCUT2D eigenvalue weighted by molar-refractivity contribution is 5.92. The highest BCUT2D eigenvalue weighted by Crippen LogP contribution is 2.32. The number of nitro benzene ring substituents is 1. The summed E-state index contributed by atoms with van der Waals surface area (Å²) in [5.41, 5.74) is 0.126. The van der Waals surface area contributed by atoms with E-state index in [1.165, 1.54) is 37.7 Å². The van der Waals surface area contributed by atoms with Crippen LogP contribution >= 0.6 is 0 Å². The van der Waals surface area contributed by atoms with E-state index >= 15 is 0 Å². The van der Waals surface area contributed by atoms with E-state index in [9.17, 15) is 25.1 Å². The number of pyridine rings is 1. The molecule has 2 N–H and O–H groups in total. The zero-order valence-corrected chi connectivity index (χ0v) is 11.7. The Morgan fingerprint density at radius 3 is 2.73 bits per heavy atom. The van der Waals surface area contributed by atoms with Crippen molar-refractivity contribution in [2.24, 2.45) is 0 Å². The normalized spacial score (nSPS) is 13.6. The van der Waals surface area contributed by atoms with E-state index in [-0.39, 0.29) is 23.1 Å². The van der Waals surface area contributed by atoms with Crippen LogP contribution in [-0.4, -0.2) is 39.3 Å². The first-order valence-electron chi connectivity index (χ1n) is 6.39. The van der Waals surface area contributed by atoms with Crippen LogP contribution in [0.15, 0.2) is 30.6 Å². The van der Waals surface area contributed by atoms with E-state index < -0.39 is 23.1 Å². The Morgan fingerprint density at radius 1 is 1.36 bits per heavy atom. The maximum atomic E-state index is 11.2. The summed E-state index contributed by atoms with van der Waals surface area (Å²) < 4.78 is 4.44. The number of aliphatic hydroxyl groups excluding tert-OH is 2. The first-order valence-corrected chi connectivity index (χ1v) is 6.39. The minimum Gasteiger partial charge on any atom is -0.469 e. The Bertz CT molecular complexity index is 718.